The Morgan fingerprint density at radius 1 is 1.07 bits per heavy atom. The van der Waals surface area contributed by atoms with Gasteiger partial charge in [0.2, 0.25) is 0 Å². The lowest BCUT2D eigenvalue weighted by Crippen LogP contribution is -2.31. The molecule has 0 bridgehead atoms. The van der Waals surface area contributed by atoms with Crippen molar-refractivity contribution in [1.82, 2.24) is 15.1 Å². The number of hydrogen-bond acceptors (Lipinski definition) is 4. The van der Waals surface area contributed by atoms with Crippen molar-refractivity contribution in [1.29, 1.82) is 0 Å². The molecule has 3 aromatic rings. The first-order valence-corrected chi connectivity index (χ1v) is 9.13. The highest BCUT2D eigenvalue weighted by Gasteiger charge is 2.20. The van der Waals surface area contributed by atoms with Gasteiger partial charge < -0.3 is 14.8 Å². The Hall–Kier alpha value is -3.28. The highest BCUT2D eigenvalue weighted by Crippen LogP contribution is 2.33. The maximum atomic E-state index is 12.8. The summed E-state index contributed by atoms with van der Waals surface area (Å²) < 4.78 is 12.5. The van der Waals surface area contributed by atoms with Crippen LogP contribution in [0, 0.1) is 6.92 Å². The minimum Gasteiger partial charge on any atom is -0.497 e. The first-order chi connectivity index (χ1) is 13.4. The molecule has 1 N–H and O–H groups in total. The van der Waals surface area contributed by atoms with Crippen molar-refractivity contribution in [2.75, 3.05) is 14.2 Å². The van der Waals surface area contributed by atoms with E-state index in [1.54, 1.807) is 31.0 Å². The summed E-state index contributed by atoms with van der Waals surface area (Å²) in [5.74, 6) is 1.14. The van der Waals surface area contributed by atoms with E-state index in [-0.39, 0.29) is 11.9 Å². The van der Waals surface area contributed by atoms with Crippen molar-refractivity contribution in [3.63, 3.8) is 0 Å². The summed E-state index contributed by atoms with van der Waals surface area (Å²) in [4.78, 5) is 12.8. The summed E-state index contributed by atoms with van der Waals surface area (Å²) in [6.07, 6.45) is 0. The fourth-order valence-electron chi connectivity index (χ4n) is 2.98. The zero-order valence-corrected chi connectivity index (χ0v) is 16.8. The number of aromatic nitrogens is 2. The first kappa shape index (κ1) is 19.5. The second-order valence-corrected chi connectivity index (χ2v) is 6.86. The van der Waals surface area contributed by atoms with E-state index in [2.05, 4.69) is 5.32 Å². The molecule has 0 saturated carbocycles. The van der Waals surface area contributed by atoms with Gasteiger partial charge in [-0.25, -0.2) is 4.68 Å². The van der Waals surface area contributed by atoms with Crippen molar-refractivity contribution in [2.24, 2.45) is 0 Å². The van der Waals surface area contributed by atoms with Gasteiger partial charge in [-0.15, -0.1) is 0 Å². The lowest BCUT2D eigenvalue weighted by Gasteiger charge is -2.10. The number of methoxy groups -OCH3 is 2. The molecule has 0 spiro atoms. The molecule has 146 valence electrons. The fraction of sp³-hybridized carbons (Fsp3) is 0.273. The number of amides is 1. The Kier molecular flexibility index (Phi) is 5.68. The van der Waals surface area contributed by atoms with Crippen LogP contribution in [0.4, 0.5) is 0 Å². The van der Waals surface area contributed by atoms with E-state index in [1.807, 2.05) is 57.2 Å². The third-order valence-electron chi connectivity index (χ3n) is 4.29. The van der Waals surface area contributed by atoms with Gasteiger partial charge >= 0.3 is 0 Å². The zero-order chi connectivity index (χ0) is 20.3. The number of nitrogens with one attached hydrogen (secondary N) is 1. The molecule has 0 aliphatic heterocycles. The van der Waals surface area contributed by atoms with Gasteiger partial charge in [0.25, 0.3) is 5.91 Å². The molecule has 1 heterocycles. The highest BCUT2D eigenvalue weighted by atomic mass is 16.5. The lowest BCUT2D eigenvalue weighted by atomic mass is 10.1. The van der Waals surface area contributed by atoms with Crippen LogP contribution in [0.15, 0.2) is 48.5 Å². The number of rotatable bonds is 6. The third kappa shape index (κ3) is 4.01. The molecule has 0 saturated heterocycles. The average Bonchev–Trinajstić information content (AvgIpc) is 3.12. The summed E-state index contributed by atoms with van der Waals surface area (Å²) in [7, 11) is 3.21. The third-order valence-corrected chi connectivity index (χ3v) is 4.29. The minimum atomic E-state index is -0.178. The van der Waals surface area contributed by atoms with Gasteiger partial charge in [0, 0.05) is 17.7 Å². The average molecular weight is 379 g/mol. The monoisotopic (exact) mass is 379 g/mol. The van der Waals surface area contributed by atoms with E-state index in [0.717, 1.165) is 16.8 Å². The minimum absolute atomic E-state index is 0.0207. The van der Waals surface area contributed by atoms with Crippen LogP contribution in [0.1, 0.15) is 29.9 Å². The summed E-state index contributed by atoms with van der Waals surface area (Å²) in [6.45, 7) is 5.87. The highest BCUT2D eigenvalue weighted by molar-refractivity contribution is 5.94. The van der Waals surface area contributed by atoms with Crippen molar-refractivity contribution in [2.45, 2.75) is 26.8 Å². The van der Waals surface area contributed by atoms with Crippen LogP contribution >= 0.6 is 0 Å². The van der Waals surface area contributed by atoms with Crippen LogP contribution in [0.2, 0.25) is 0 Å². The van der Waals surface area contributed by atoms with Crippen LogP contribution < -0.4 is 14.8 Å². The predicted octanol–water partition coefficient (Wildman–Crippen LogP) is 4.00. The largest absolute Gasteiger partial charge is 0.497 e. The normalized spacial score (nSPS) is 10.8. The number of benzene rings is 2. The molecule has 1 amide bonds. The molecule has 0 atom stereocenters. The van der Waals surface area contributed by atoms with E-state index in [9.17, 15) is 4.79 Å². The van der Waals surface area contributed by atoms with Gasteiger partial charge in [0.1, 0.15) is 17.2 Å². The smallest absolute Gasteiger partial charge is 0.270 e. The number of nitrogens with zero attached hydrogens (tertiary/aromatic N) is 2. The van der Waals surface area contributed by atoms with E-state index in [1.165, 1.54) is 0 Å². The summed E-state index contributed by atoms with van der Waals surface area (Å²) in [5.41, 5.74) is 3.81. The summed E-state index contributed by atoms with van der Waals surface area (Å²) >= 11 is 0. The quantitative estimate of drug-likeness (QED) is 0.703. The van der Waals surface area contributed by atoms with E-state index in [4.69, 9.17) is 14.6 Å². The van der Waals surface area contributed by atoms with Gasteiger partial charge in [0.05, 0.1) is 25.6 Å². The van der Waals surface area contributed by atoms with E-state index in [0.29, 0.717) is 22.9 Å². The topological polar surface area (TPSA) is 65.4 Å². The molecular formula is C22H25N3O3. The molecule has 0 aliphatic carbocycles. The summed E-state index contributed by atoms with van der Waals surface area (Å²) in [6, 6.07) is 15.2. The van der Waals surface area contributed by atoms with Gasteiger partial charge in [-0.1, -0.05) is 12.1 Å². The molecule has 6 nitrogen and oxygen atoms in total. The van der Waals surface area contributed by atoms with Gasteiger partial charge in [-0.2, -0.15) is 5.10 Å². The molecule has 28 heavy (non-hydrogen) atoms. The first-order valence-electron chi connectivity index (χ1n) is 9.13. The molecule has 2 aromatic carbocycles. The van der Waals surface area contributed by atoms with Crippen molar-refractivity contribution in [3.05, 3.63) is 59.8 Å². The van der Waals surface area contributed by atoms with Crippen LogP contribution in [0.25, 0.3) is 16.9 Å². The predicted molar refractivity (Wildman–Crippen MR) is 109 cm³/mol. The van der Waals surface area contributed by atoms with Gasteiger partial charge in [-0.3, -0.25) is 4.79 Å². The molecule has 3 rings (SSSR count). The standard InChI is InChI=1S/C22H25N3O3/c1-14(2)23-22(26)20-13-19(18-10-9-17(27-4)12-21(18)28-5)24-25(20)16-8-6-7-15(3)11-16/h6-14H,1-5H3,(H,23,26). The number of ether oxygens (including phenoxy) is 2. The number of aryl methyl sites for hydroxylation is 1. The SMILES string of the molecule is COc1ccc(-c2cc(C(=O)NC(C)C)n(-c3cccc(C)c3)n2)c(OC)c1. The van der Waals surface area contributed by atoms with Crippen molar-refractivity contribution >= 4 is 5.91 Å². The van der Waals surface area contributed by atoms with Gasteiger partial charge in [-0.05, 0) is 56.7 Å². The Labute approximate surface area is 165 Å². The molecule has 1 aromatic heterocycles. The molecule has 0 unspecified atom stereocenters. The van der Waals surface area contributed by atoms with E-state index < -0.39 is 0 Å². The zero-order valence-electron chi connectivity index (χ0n) is 16.8. The molecule has 0 fully saturated rings. The molecule has 0 aliphatic rings. The summed E-state index contributed by atoms with van der Waals surface area (Å²) in [5, 5.41) is 7.66. The maximum Gasteiger partial charge on any atom is 0.270 e. The Bertz CT molecular complexity index is 992. The van der Waals surface area contributed by atoms with Crippen LogP contribution in [-0.4, -0.2) is 35.9 Å². The van der Waals surface area contributed by atoms with Crippen LogP contribution in [-0.2, 0) is 0 Å². The maximum absolute atomic E-state index is 12.8. The second kappa shape index (κ2) is 8.17. The van der Waals surface area contributed by atoms with Crippen LogP contribution in [0.3, 0.4) is 0 Å². The second-order valence-electron chi connectivity index (χ2n) is 6.86. The lowest BCUT2D eigenvalue weighted by molar-refractivity contribution is 0.0935. The molecular weight excluding hydrogens is 354 g/mol. The fourth-order valence-corrected chi connectivity index (χ4v) is 2.98. The number of carbonyl (C=O) groups is 1. The van der Waals surface area contributed by atoms with Crippen molar-refractivity contribution < 1.29 is 14.3 Å². The number of hydrogen-bond donors (Lipinski definition) is 1. The van der Waals surface area contributed by atoms with Crippen LogP contribution in [0.5, 0.6) is 11.5 Å². The van der Waals surface area contributed by atoms with Crippen molar-refractivity contribution in [3.8, 4) is 28.4 Å². The Morgan fingerprint density at radius 2 is 1.86 bits per heavy atom. The number of carbonyl (C=O) groups excluding carboxylic acids is 1. The van der Waals surface area contributed by atoms with Gasteiger partial charge in [0.15, 0.2) is 0 Å². The van der Waals surface area contributed by atoms with E-state index >= 15 is 0 Å². The Balaban J connectivity index is 2.15. The Morgan fingerprint density at radius 3 is 2.50 bits per heavy atom. The molecule has 0 radical (unpaired) electrons. The molecule has 6 heteroatoms.